The van der Waals surface area contributed by atoms with E-state index in [1.54, 1.807) is 36.4 Å². The molecule has 0 aliphatic carbocycles. The maximum absolute atomic E-state index is 13.5. The monoisotopic (exact) mass is 372 g/mol. The SMILES string of the molecule is N#CCc1c(-c2ccccc2)n(S(=O)(=O)c2ccccc2)c2ccccc12. The van der Waals surface area contributed by atoms with Gasteiger partial charge in [0, 0.05) is 10.9 Å². The highest BCUT2D eigenvalue weighted by Crippen LogP contribution is 2.37. The summed E-state index contributed by atoms with van der Waals surface area (Å²) in [5.41, 5.74) is 2.60. The average molecular weight is 372 g/mol. The van der Waals surface area contributed by atoms with E-state index in [1.807, 2.05) is 48.5 Å². The van der Waals surface area contributed by atoms with Crippen LogP contribution in [0.15, 0.2) is 89.8 Å². The van der Waals surface area contributed by atoms with Crippen molar-refractivity contribution in [2.75, 3.05) is 0 Å². The molecule has 5 heteroatoms. The van der Waals surface area contributed by atoms with Crippen LogP contribution < -0.4 is 0 Å². The lowest BCUT2D eigenvalue weighted by molar-refractivity contribution is 0.589. The Balaban J connectivity index is 2.16. The van der Waals surface area contributed by atoms with Crippen LogP contribution in [0, 0.1) is 11.3 Å². The number of para-hydroxylation sites is 1. The van der Waals surface area contributed by atoms with Crippen molar-refractivity contribution >= 4 is 20.9 Å². The summed E-state index contributed by atoms with van der Waals surface area (Å²) in [6.07, 6.45) is 0.127. The van der Waals surface area contributed by atoms with E-state index < -0.39 is 10.0 Å². The zero-order chi connectivity index (χ0) is 18.9. The van der Waals surface area contributed by atoms with Gasteiger partial charge in [-0.3, -0.25) is 0 Å². The van der Waals surface area contributed by atoms with E-state index in [0.29, 0.717) is 11.2 Å². The Morgan fingerprint density at radius 1 is 0.815 bits per heavy atom. The summed E-state index contributed by atoms with van der Waals surface area (Å²) < 4.78 is 28.5. The first kappa shape index (κ1) is 17.1. The van der Waals surface area contributed by atoms with Gasteiger partial charge in [-0.15, -0.1) is 0 Å². The van der Waals surface area contributed by atoms with Crippen LogP contribution >= 0.6 is 0 Å². The minimum atomic E-state index is -3.83. The summed E-state index contributed by atoms with van der Waals surface area (Å²) in [6, 6.07) is 27.2. The number of hydrogen-bond acceptors (Lipinski definition) is 3. The van der Waals surface area contributed by atoms with Crippen LogP contribution in [0.1, 0.15) is 5.56 Å². The zero-order valence-corrected chi connectivity index (χ0v) is 15.2. The molecular formula is C22H16N2O2S. The molecule has 0 bridgehead atoms. The number of nitriles is 1. The van der Waals surface area contributed by atoms with E-state index in [1.165, 1.54) is 3.97 Å². The molecule has 0 saturated heterocycles. The summed E-state index contributed by atoms with van der Waals surface area (Å²) >= 11 is 0. The molecule has 4 rings (SSSR count). The average Bonchev–Trinajstić information content (AvgIpc) is 3.05. The second-order valence-electron chi connectivity index (χ2n) is 6.13. The summed E-state index contributed by atoms with van der Waals surface area (Å²) in [7, 11) is -3.83. The fraction of sp³-hybridized carbons (Fsp3) is 0.0455. The molecule has 4 aromatic rings. The molecule has 0 aliphatic rings. The van der Waals surface area contributed by atoms with E-state index in [-0.39, 0.29) is 11.3 Å². The number of aromatic nitrogens is 1. The minimum absolute atomic E-state index is 0.127. The van der Waals surface area contributed by atoms with Gasteiger partial charge in [-0.2, -0.15) is 5.26 Å². The molecule has 4 nitrogen and oxygen atoms in total. The maximum atomic E-state index is 13.5. The van der Waals surface area contributed by atoms with Crippen molar-refractivity contribution in [1.29, 1.82) is 5.26 Å². The predicted octanol–water partition coefficient (Wildman–Crippen LogP) is 4.61. The highest BCUT2D eigenvalue weighted by Gasteiger charge is 2.27. The fourth-order valence-electron chi connectivity index (χ4n) is 3.37. The van der Waals surface area contributed by atoms with Crippen LogP contribution in [0.5, 0.6) is 0 Å². The lowest BCUT2D eigenvalue weighted by Gasteiger charge is -2.13. The standard InChI is InChI=1S/C22H16N2O2S/c23-16-15-20-19-13-7-8-14-21(19)24(22(20)17-9-3-1-4-10-17)27(25,26)18-11-5-2-6-12-18/h1-14H,15H2. The lowest BCUT2D eigenvalue weighted by Crippen LogP contribution is -2.14. The zero-order valence-electron chi connectivity index (χ0n) is 14.4. The topological polar surface area (TPSA) is 62.9 Å². The number of fused-ring (bicyclic) bond motifs is 1. The lowest BCUT2D eigenvalue weighted by atomic mass is 10.0. The largest absolute Gasteiger partial charge is 0.268 e. The third-order valence-electron chi connectivity index (χ3n) is 4.52. The maximum Gasteiger partial charge on any atom is 0.268 e. The van der Waals surface area contributed by atoms with Gasteiger partial charge in [-0.25, -0.2) is 12.4 Å². The van der Waals surface area contributed by atoms with Crippen molar-refractivity contribution in [2.24, 2.45) is 0 Å². The van der Waals surface area contributed by atoms with Gasteiger partial charge in [0.2, 0.25) is 0 Å². The number of rotatable bonds is 4. The van der Waals surface area contributed by atoms with Gasteiger partial charge < -0.3 is 0 Å². The van der Waals surface area contributed by atoms with E-state index in [4.69, 9.17) is 0 Å². The van der Waals surface area contributed by atoms with Gasteiger partial charge in [-0.1, -0.05) is 66.7 Å². The Hall–Kier alpha value is -3.36. The van der Waals surface area contributed by atoms with Crippen molar-refractivity contribution in [2.45, 2.75) is 11.3 Å². The van der Waals surface area contributed by atoms with E-state index >= 15 is 0 Å². The highest BCUT2D eigenvalue weighted by molar-refractivity contribution is 7.90. The third kappa shape index (κ3) is 2.80. The number of nitrogens with zero attached hydrogens (tertiary/aromatic N) is 2. The summed E-state index contributed by atoms with van der Waals surface area (Å²) in [4.78, 5) is 0.214. The molecule has 0 amide bonds. The molecule has 1 heterocycles. The van der Waals surface area contributed by atoms with Gasteiger partial charge in [0.15, 0.2) is 0 Å². The molecule has 0 atom stereocenters. The van der Waals surface area contributed by atoms with Crippen LogP contribution in [0.3, 0.4) is 0 Å². The van der Waals surface area contributed by atoms with Gasteiger partial charge in [-0.05, 0) is 23.8 Å². The fourth-order valence-corrected chi connectivity index (χ4v) is 4.96. The molecule has 3 aromatic carbocycles. The summed E-state index contributed by atoms with van der Waals surface area (Å²) in [5, 5.41) is 10.1. The van der Waals surface area contributed by atoms with Crippen LogP contribution in [0.4, 0.5) is 0 Å². The molecule has 0 spiro atoms. The summed E-state index contributed by atoms with van der Waals surface area (Å²) in [5.74, 6) is 0. The smallest absolute Gasteiger partial charge is 0.233 e. The molecule has 1 aromatic heterocycles. The first-order valence-corrected chi connectivity index (χ1v) is 9.94. The second-order valence-corrected chi connectivity index (χ2v) is 7.91. The molecule has 0 radical (unpaired) electrons. The van der Waals surface area contributed by atoms with Gasteiger partial charge in [0.05, 0.1) is 28.6 Å². The van der Waals surface area contributed by atoms with Crippen LogP contribution in [0.25, 0.3) is 22.2 Å². The number of benzene rings is 3. The van der Waals surface area contributed by atoms with Crippen LogP contribution in [-0.4, -0.2) is 12.4 Å². The van der Waals surface area contributed by atoms with Gasteiger partial charge in [0.1, 0.15) is 0 Å². The predicted molar refractivity (Wildman–Crippen MR) is 106 cm³/mol. The summed E-state index contributed by atoms with van der Waals surface area (Å²) in [6.45, 7) is 0. The minimum Gasteiger partial charge on any atom is -0.233 e. The molecule has 0 saturated carbocycles. The quantitative estimate of drug-likeness (QED) is 0.525. The van der Waals surface area contributed by atoms with E-state index in [9.17, 15) is 13.7 Å². The van der Waals surface area contributed by atoms with Gasteiger partial charge in [0.25, 0.3) is 10.0 Å². The molecule has 0 aliphatic heterocycles. The Morgan fingerprint density at radius 3 is 2.07 bits per heavy atom. The van der Waals surface area contributed by atoms with Crippen molar-refractivity contribution in [3.05, 3.63) is 90.5 Å². The Kier molecular flexibility index (Phi) is 4.27. The molecule has 27 heavy (non-hydrogen) atoms. The normalized spacial score (nSPS) is 11.4. The van der Waals surface area contributed by atoms with E-state index in [2.05, 4.69) is 6.07 Å². The van der Waals surface area contributed by atoms with E-state index in [0.717, 1.165) is 16.5 Å². The number of hydrogen-bond donors (Lipinski definition) is 0. The Labute approximate surface area is 158 Å². The van der Waals surface area contributed by atoms with Crippen LogP contribution in [0.2, 0.25) is 0 Å². The van der Waals surface area contributed by atoms with Gasteiger partial charge >= 0.3 is 0 Å². The van der Waals surface area contributed by atoms with Crippen molar-refractivity contribution < 1.29 is 8.42 Å². The molecule has 0 unspecified atom stereocenters. The Bertz CT molecular complexity index is 1250. The molecule has 132 valence electrons. The van der Waals surface area contributed by atoms with Crippen molar-refractivity contribution in [3.63, 3.8) is 0 Å². The second kappa shape index (κ2) is 6.75. The first-order chi connectivity index (χ1) is 13.1. The third-order valence-corrected chi connectivity index (χ3v) is 6.25. The molecule has 0 N–H and O–H groups in total. The molecule has 0 fully saturated rings. The van der Waals surface area contributed by atoms with Crippen molar-refractivity contribution in [3.8, 4) is 17.3 Å². The van der Waals surface area contributed by atoms with Crippen molar-refractivity contribution in [1.82, 2.24) is 3.97 Å². The molecular weight excluding hydrogens is 356 g/mol. The van der Waals surface area contributed by atoms with Crippen LogP contribution in [-0.2, 0) is 16.4 Å². The first-order valence-electron chi connectivity index (χ1n) is 8.50. The highest BCUT2D eigenvalue weighted by atomic mass is 32.2. The Morgan fingerprint density at radius 2 is 1.41 bits per heavy atom.